The average molecular weight is 218 g/mol. The molecule has 88 valence electrons. The molecular formula is C14H22N2. The zero-order chi connectivity index (χ0) is 11.6. The molecule has 2 nitrogen and oxygen atoms in total. The van der Waals surface area contributed by atoms with Crippen LogP contribution in [0.15, 0.2) is 24.3 Å². The van der Waals surface area contributed by atoms with E-state index in [1.54, 1.807) is 0 Å². The van der Waals surface area contributed by atoms with Crippen molar-refractivity contribution in [2.45, 2.75) is 31.6 Å². The molecule has 1 saturated heterocycles. The predicted octanol–water partition coefficient (Wildman–Crippen LogP) is 2.00. The van der Waals surface area contributed by atoms with Crippen LogP contribution in [0.25, 0.3) is 0 Å². The fourth-order valence-electron chi connectivity index (χ4n) is 2.26. The molecule has 0 radical (unpaired) electrons. The number of hydrogen-bond acceptors (Lipinski definition) is 2. The average Bonchev–Trinajstić information content (AvgIpc) is 2.83. The minimum absolute atomic E-state index is 0.0897. The number of benzene rings is 1. The van der Waals surface area contributed by atoms with Crippen LogP contribution in [0, 0.1) is 0 Å². The van der Waals surface area contributed by atoms with Crippen molar-refractivity contribution in [3.05, 3.63) is 35.4 Å². The SMILES string of the molecule is CC(C)(CN)c1ccc(C2CCNC2)cc1. The number of nitrogens with one attached hydrogen (secondary N) is 1. The van der Waals surface area contributed by atoms with Gasteiger partial charge in [-0.2, -0.15) is 0 Å². The minimum Gasteiger partial charge on any atom is -0.330 e. The highest BCUT2D eigenvalue weighted by Crippen LogP contribution is 2.26. The largest absolute Gasteiger partial charge is 0.330 e. The number of hydrogen-bond donors (Lipinski definition) is 2. The summed E-state index contributed by atoms with van der Waals surface area (Å²) in [4.78, 5) is 0. The Kier molecular flexibility index (Phi) is 3.31. The van der Waals surface area contributed by atoms with Crippen LogP contribution in [0.4, 0.5) is 0 Å². The van der Waals surface area contributed by atoms with E-state index in [0.29, 0.717) is 12.5 Å². The van der Waals surface area contributed by atoms with Gasteiger partial charge in [-0.15, -0.1) is 0 Å². The zero-order valence-electron chi connectivity index (χ0n) is 10.3. The molecule has 1 heterocycles. The van der Waals surface area contributed by atoms with Gasteiger partial charge in [-0.05, 0) is 30.0 Å². The molecule has 2 rings (SSSR count). The van der Waals surface area contributed by atoms with Gasteiger partial charge in [-0.3, -0.25) is 0 Å². The van der Waals surface area contributed by atoms with Gasteiger partial charge >= 0.3 is 0 Å². The maximum atomic E-state index is 5.79. The van der Waals surface area contributed by atoms with Crippen molar-refractivity contribution in [2.75, 3.05) is 19.6 Å². The molecule has 1 atom stereocenters. The first-order chi connectivity index (χ1) is 7.63. The van der Waals surface area contributed by atoms with Crippen LogP contribution < -0.4 is 11.1 Å². The molecule has 0 aromatic heterocycles. The second-order valence-electron chi connectivity index (χ2n) is 5.40. The standard InChI is InChI=1S/C14H22N2/c1-14(2,10-15)13-5-3-11(4-6-13)12-7-8-16-9-12/h3-6,12,16H,7-10,15H2,1-2H3. The maximum Gasteiger partial charge on any atom is 0.00206 e. The monoisotopic (exact) mass is 218 g/mol. The summed E-state index contributed by atoms with van der Waals surface area (Å²) in [5.74, 6) is 0.704. The second-order valence-corrected chi connectivity index (χ2v) is 5.40. The van der Waals surface area contributed by atoms with E-state index in [1.807, 2.05) is 0 Å². The summed E-state index contributed by atoms with van der Waals surface area (Å²) in [5, 5.41) is 3.41. The summed E-state index contributed by atoms with van der Waals surface area (Å²) in [7, 11) is 0. The Hall–Kier alpha value is -0.860. The van der Waals surface area contributed by atoms with E-state index in [9.17, 15) is 0 Å². The van der Waals surface area contributed by atoms with Crippen LogP contribution in [0.2, 0.25) is 0 Å². The Labute approximate surface area is 98.2 Å². The minimum atomic E-state index is 0.0897. The Morgan fingerprint density at radius 2 is 2.00 bits per heavy atom. The van der Waals surface area contributed by atoms with Crippen LogP contribution >= 0.6 is 0 Å². The van der Waals surface area contributed by atoms with Crippen molar-refractivity contribution in [3.63, 3.8) is 0 Å². The van der Waals surface area contributed by atoms with Gasteiger partial charge in [-0.25, -0.2) is 0 Å². The quantitative estimate of drug-likeness (QED) is 0.814. The van der Waals surface area contributed by atoms with Crippen LogP contribution in [-0.4, -0.2) is 19.6 Å². The summed E-state index contributed by atoms with van der Waals surface area (Å²) in [6.07, 6.45) is 1.26. The van der Waals surface area contributed by atoms with Gasteiger partial charge in [0.15, 0.2) is 0 Å². The van der Waals surface area contributed by atoms with E-state index in [-0.39, 0.29) is 5.41 Å². The van der Waals surface area contributed by atoms with Gasteiger partial charge in [0.1, 0.15) is 0 Å². The van der Waals surface area contributed by atoms with Crippen LogP contribution in [-0.2, 0) is 5.41 Å². The predicted molar refractivity (Wildman–Crippen MR) is 68.8 cm³/mol. The third-order valence-corrected chi connectivity index (χ3v) is 3.73. The van der Waals surface area contributed by atoms with E-state index < -0.39 is 0 Å². The zero-order valence-corrected chi connectivity index (χ0v) is 10.3. The lowest BCUT2D eigenvalue weighted by Gasteiger charge is -2.23. The molecule has 1 aromatic rings. The summed E-state index contributed by atoms with van der Waals surface area (Å²) >= 11 is 0. The van der Waals surface area contributed by atoms with Crippen molar-refractivity contribution in [3.8, 4) is 0 Å². The van der Waals surface area contributed by atoms with E-state index in [4.69, 9.17) is 5.73 Å². The van der Waals surface area contributed by atoms with E-state index >= 15 is 0 Å². The molecule has 0 amide bonds. The fraction of sp³-hybridized carbons (Fsp3) is 0.571. The molecule has 16 heavy (non-hydrogen) atoms. The van der Waals surface area contributed by atoms with Crippen LogP contribution in [0.5, 0.6) is 0 Å². The smallest absolute Gasteiger partial charge is 0.00206 e. The van der Waals surface area contributed by atoms with Gasteiger partial charge in [0, 0.05) is 18.5 Å². The molecule has 0 bridgehead atoms. The van der Waals surface area contributed by atoms with Gasteiger partial charge in [-0.1, -0.05) is 38.1 Å². The Morgan fingerprint density at radius 3 is 2.50 bits per heavy atom. The lowest BCUT2D eigenvalue weighted by molar-refractivity contribution is 0.538. The summed E-state index contributed by atoms with van der Waals surface area (Å²) in [5.41, 5.74) is 8.68. The number of nitrogens with two attached hydrogens (primary N) is 1. The highest BCUT2D eigenvalue weighted by atomic mass is 14.9. The molecular weight excluding hydrogens is 196 g/mol. The van der Waals surface area contributed by atoms with Crippen molar-refractivity contribution < 1.29 is 0 Å². The molecule has 1 aromatic carbocycles. The normalized spacial score (nSPS) is 21.3. The van der Waals surface area contributed by atoms with Gasteiger partial charge in [0.05, 0.1) is 0 Å². The van der Waals surface area contributed by atoms with Gasteiger partial charge in [0.2, 0.25) is 0 Å². The van der Waals surface area contributed by atoms with Gasteiger partial charge in [0.25, 0.3) is 0 Å². The van der Waals surface area contributed by atoms with Crippen molar-refractivity contribution >= 4 is 0 Å². The third kappa shape index (κ3) is 2.28. The molecule has 1 aliphatic heterocycles. The third-order valence-electron chi connectivity index (χ3n) is 3.73. The molecule has 0 spiro atoms. The van der Waals surface area contributed by atoms with Crippen LogP contribution in [0.3, 0.4) is 0 Å². The lowest BCUT2D eigenvalue weighted by atomic mass is 9.83. The van der Waals surface area contributed by atoms with Gasteiger partial charge < -0.3 is 11.1 Å². The second kappa shape index (κ2) is 4.56. The summed E-state index contributed by atoms with van der Waals surface area (Å²) < 4.78 is 0. The summed E-state index contributed by atoms with van der Waals surface area (Å²) in [6, 6.07) is 9.01. The number of rotatable bonds is 3. The first kappa shape index (κ1) is 11.6. The molecule has 1 aliphatic rings. The highest BCUT2D eigenvalue weighted by molar-refractivity contribution is 5.30. The Balaban J connectivity index is 2.15. The lowest BCUT2D eigenvalue weighted by Crippen LogP contribution is -2.28. The topological polar surface area (TPSA) is 38.0 Å². The van der Waals surface area contributed by atoms with E-state index in [2.05, 4.69) is 43.4 Å². The van der Waals surface area contributed by atoms with Crippen molar-refractivity contribution in [2.24, 2.45) is 5.73 Å². The molecule has 0 saturated carbocycles. The highest BCUT2D eigenvalue weighted by Gasteiger charge is 2.20. The van der Waals surface area contributed by atoms with E-state index in [1.165, 1.54) is 17.5 Å². The Morgan fingerprint density at radius 1 is 1.31 bits per heavy atom. The first-order valence-corrected chi connectivity index (χ1v) is 6.15. The van der Waals surface area contributed by atoms with Crippen molar-refractivity contribution in [1.82, 2.24) is 5.32 Å². The van der Waals surface area contributed by atoms with Crippen molar-refractivity contribution in [1.29, 1.82) is 0 Å². The molecule has 1 unspecified atom stereocenters. The van der Waals surface area contributed by atoms with E-state index in [0.717, 1.165) is 13.1 Å². The molecule has 1 fully saturated rings. The molecule has 3 N–H and O–H groups in total. The van der Waals surface area contributed by atoms with Crippen LogP contribution in [0.1, 0.15) is 37.3 Å². The summed E-state index contributed by atoms with van der Waals surface area (Å²) in [6.45, 7) is 7.36. The Bertz CT molecular complexity index is 334. The fourth-order valence-corrected chi connectivity index (χ4v) is 2.26. The molecule has 2 heteroatoms. The maximum absolute atomic E-state index is 5.79. The molecule has 0 aliphatic carbocycles. The first-order valence-electron chi connectivity index (χ1n) is 6.15.